The van der Waals surface area contributed by atoms with Crippen LogP contribution in [0.2, 0.25) is 0 Å². The Kier molecular flexibility index (Phi) is 6.39. The zero-order valence-electron chi connectivity index (χ0n) is 14.5. The molecule has 0 unspecified atom stereocenters. The summed E-state index contributed by atoms with van der Waals surface area (Å²) >= 11 is 0. The minimum absolute atomic E-state index is 0.225. The predicted octanol–water partition coefficient (Wildman–Crippen LogP) is 3.06. The molecule has 132 valence electrons. The van der Waals surface area contributed by atoms with Crippen LogP contribution in [-0.4, -0.2) is 32.7 Å². The lowest BCUT2D eigenvalue weighted by Gasteiger charge is -2.10. The molecule has 0 saturated heterocycles. The van der Waals surface area contributed by atoms with Crippen LogP contribution in [0.15, 0.2) is 42.5 Å². The van der Waals surface area contributed by atoms with Gasteiger partial charge >= 0.3 is 5.97 Å². The highest BCUT2D eigenvalue weighted by Gasteiger charge is 2.16. The van der Waals surface area contributed by atoms with Gasteiger partial charge in [-0.15, -0.1) is 0 Å². The van der Waals surface area contributed by atoms with Gasteiger partial charge in [0, 0.05) is 11.8 Å². The molecule has 2 aromatic rings. The molecule has 2 rings (SSSR count). The van der Waals surface area contributed by atoms with Crippen molar-refractivity contribution < 1.29 is 23.8 Å². The molecule has 0 aliphatic heterocycles. The molecule has 0 radical (unpaired) electrons. The number of hydrogen-bond acceptors (Lipinski definition) is 5. The molecule has 0 aliphatic rings. The molecular formula is C19H21NO5. The summed E-state index contributed by atoms with van der Waals surface area (Å²) < 4.78 is 15.3. The van der Waals surface area contributed by atoms with Gasteiger partial charge in [0.25, 0.3) is 5.91 Å². The first-order valence-electron chi connectivity index (χ1n) is 7.85. The fourth-order valence-electron chi connectivity index (χ4n) is 2.20. The van der Waals surface area contributed by atoms with Crippen molar-refractivity contribution in [2.24, 2.45) is 0 Å². The van der Waals surface area contributed by atoms with E-state index in [1.54, 1.807) is 12.1 Å². The van der Waals surface area contributed by atoms with Crippen LogP contribution in [0.1, 0.15) is 22.8 Å². The Morgan fingerprint density at radius 2 is 1.72 bits per heavy atom. The van der Waals surface area contributed by atoms with Crippen LogP contribution in [0.4, 0.5) is 5.69 Å². The number of nitrogens with one attached hydrogen (secondary N) is 1. The summed E-state index contributed by atoms with van der Waals surface area (Å²) in [6.07, 6.45) is 0.926. The van der Waals surface area contributed by atoms with Crippen molar-refractivity contribution in [1.82, 2.24) is 0 Å². The Balaban J connectivity index is 1.93. The standard InChI is InChI=1S/C19H21NO5/c1-4-13-5-7-14(8-6-13)20-18(21)12-25-19(22)16-10-9-15(23-2)11-17(16)24-3/h5-11H,4,12H2,1-3H3,(H,20,21). The fraction of sp³-hybridized carbons (Fsp3) is 0.263. The lowest BCUT2D eigenvalue weighted by atomic mass is 10.1. The summed E-state index contributed by atoms with van der Waals surface area (Å²) in [6, 6.07) is 12.2. The van der Waals surface area contributed by atoms with Crippen molar-refractivity contribution in [3.8, 4) is 11.5 Å². The first-order chi connectivity index (χ1) is 12.1. The zero-order chi connectivity index (χ0) is 18.2. The van der Waals surface area contributed by atoms with Gasteiger partial charge in [-0.2, -0.15) is 0 Å². The largest absolute Gasteiger partial charge is 0.497 e. The summed E-state index contributed by atoms with van der Waals surface area (Å²) in [4.78, 5) is 24.1. The second-order valence-corrected chi connectivity index (χ2v) is 5.24. The van der Waals surface area contributed by atoms with Crippen molar-refractivity contribution in [1.29, 1.82) is 0 Å². The molecular weight excluding hydrogens is 322 g/mol. The Labute approximate surface area is 146 Å². The average Bonchev–Trinajstić information content (AvgIpc) is 2.66. The van der Waals surface area contributed by atoms with Gasteiger partial charge in [-0.25, -0.2) is 4.79 Å². The Morgan fingerprint density at radius 1 is 1.00 bits per heavy atom. The maximum atomic E-state index is 12.1. The monoisotopic (exact) mass is 343 g/mol. The van der Waals surface area contributed by atoms with Crippen LogP contribution in [0.25, 0.3) is 0 Å². The van der Waals surface area contributed by atoms with E-state index >= 15 is 0 Å². The third kappa shape index (κ3) is 4.97. The highest BCUT2D eigenvalue weighted by molar-refractivity contribution is 5.96. The first-order valence-corrected chi connectivity index (χ1v) is 7.85. The lowest BCUT2D eigenvalue weighted by Crippen LogP contribution is -2.21. The molecule has 0 spiro atoms. The highest BCUT2D eigenvalue weighted by atomic mass is 16.5. The van der Waals surface area contributed by atoms with Crippen LogP contribution >= 0.6 is 0 Å². The number of aryl methyl sites for hydroxylation is 1. The number of benzene rings is 2. The number of anilines is 1. The molecule has 0 bridgehead atoms. The van der Waals surface area contributed by atoms with E-state index < -0.39 is 11.9 Å². The zero-order valence-corrected chi connectivity index (χ0v) is 14.5. The number of ether oxygens (including phenoxy) is 3. The minimum atomic E-state index is -0.643. The smallest absolute Gasteiger partial charge is 0.342 e. The molecule has 0 aromatic heterocycles. The van der Waals surface area contributed by atoms with E-state index in [0.717, 1.165) is 6.42 Å². The number of carbonyl (C=O) groups is 2. The molecule has 6 nitrogen and oxygen atoms in total. The van der Waals surface area contributed by atoms with E-state index in [9.17, 15) is 9.59 Å². The molecule has 0 aliphatic carbocycles. The van der Waals surface area contributed by atoms with Crippen molar-refractivity contribution in [3.05, 3.63) is 53.6 Å². The number of carbonyl (C=O) groups excluding carboxylic acids is 2. The van der Waals surface area contributed by atoms with Gasteiger partial charge in [0.2, 0.25) is 0 Å². The van der Waals surface area contributed by atoms with Crippen LogP contribution in [0, 0.1) is 0 Å². The number of hydrogen-bond donors (Lipinski definition) is 1. The molecule has 0 saturated carbocycles. The predicted molar refractivity (Wildman–Crippen MR) is 94.3 cm³/mol. The Hall–Kier alpha value is -3.02. The minimum Gasteiger partial charge on any atom is -0.497 e. The summed E-state index contributed by atoms with van der Waals surface area (Å²) in [5.74, 6) is -0.178. The molecule has 0 fully saturated rings. The topological polar surface area (TPSA) is 73.9 Å². The maximum absolute atomic E-state index is 12.1. The highest BCUT2D eigenvalue weighted by Crippen LogP contribution is 2.25. The van der Waals surface area contributed by atoms with E-state index in [1.807, 2.05) is 24.3 Å². The third-order valence-corrected chi connectivity index (χ3v) is 3.61. The lowest BCUT2D eigenvalue weighted by molar-refractivity contribution is -0.119. The number of rotatable bonds is 7. The van der Waals surface area contributed by atoms with Crippen LogP contribution < -0.4 is 14.8 Å². The van der Waals surface area contributed by atoms with E-state index in [1.165, 1.54) is 25.8 Å². The van der Waals surface area contributed by atoms with E-state index in [0.29, 0.717) is 17.2 Å². The van der Waals surface area contributed by atoms with Gasteiger partial charge in [-0.1, -0.05) is 19.1 Å². The van der Waals surface area contributed by atoms with Crippen molar-refractivity contribution >= 4 is 17.6 Å². The van der Waals surface area contributed by atoms with Gasteiger partial charge in [0.1, 0.15) is 17.1 Å². The molecule has 1 N–H and O–H groups in total. The van der Waals surface area contributed by atoms with Crippen molar-refractivity contribution in [2.45, 2.75) is 13.3 Å². The fourth-order valence-corrected chi connectivity index (χ4v) is 2.20. The van der Waals surface area contributed by atoms with Gasteiger partial charge in [0.05, 0.1) is 14.2 Å². The Bertz CT molecular complexity index is 740. The number of esters is 1. The normalized spacial score (nSPS) is 10.0. The second kappa shape index (κ2) is 8.73. The van der Waals surface area contributed by atoms with Gasteiger partial charge in [-0.05, 0) is 36.2 Å². The third-order valence-electron chi connectivity index (χ3n) is 3.61. The van der Waals surface area contributed by atoms with Crippen molar-refractivity contribution in [3.63, 3.8) is 0 Å². The van der Waals surface area contributed by atoms with Crippen LogP contribution in [0.3, 0.4) is 0 Å². The molecule has 25 heavy (non-hydrogen) atoms. The summed E-state index contributed by atoms with van der Waals surface area (Å²) in [6.45, 7) is 1.67. The number of methoxy groups -OCH3 is 2. The second-order valence-electron chi connectivity index (χ2n) is 5.24. The molecule has 0 heterocycles. The summed E-state index contributed by atoms with van der Waals surface area (Å²) in [7, 11) is 2.96. The maximum Gasteiger partial charge on any atom is 0.342 e. The van der Waals surface area contributed by atoms with Crippen LogP contribution in [-0.2, 0) is 16.0 Å². The SMILES string of the molecule is CCc1ccc(NC(=O)COC(=O)c2ccc(OC)cc2OC)cc1. The van der Waals surface area contributed by atoms with Gasteiger partial charge in [-0.3, -0.25) is 4.79 Å². The molecule has 6 heteroatoms. The van der Waals surface area contributed by atoms with E-state index in [2.05, 4.69) is 12.2 Å². The summed E-state index contributed by atoms with van der Waals surface area (Å²) in [5.41, 5.74) is 2.06. The first kappa shape index (κ1) is 18.3. The Morgan fingerprint density at radius 3 is 2.32 bits per heavy atom. The number of amides is 1. The van der Waals surface area contributed by atoms with Gasteiger partial charge < -0.3 is 19.5 Å². The molecule has 1 amide bonds. The summed E-state index contributed by atoms with van der Waals surface area (Å²) in [5, 5.41) is 2.68. The van der Waals surface area contributed by atoms with Crippen molar-refractivity contribution in [2.75, 3.05) is 26.1 Å². The molecule has 0 atom stereocenters. The quantitative estimate of drug-likeness (QED) is 0.782. The average molecular weight is 343 g/mol. The van der Waals surface area contributed by atoms with Crippen LogP contribution in [0.5, 0.6) is 11.5 Å². The molecule has 2 aromatic carbocycles. The van der Waals surface area contributed by atoms with E-state index in [-0.39, 0.29) is 12.2 Å². The van der Waals surface area contributed by atoms with E-state index in [4.69, 9.17) is 14.2 Å². The van der Waals surface area contributed by atoms with Gasteiger partial charge in [0.15, 0.2) is 6.61 Å².